The van der Waals surface area contributed by atoms with Crippen LogP contribution in [0.1, 0.15) is 0 Å². The summed E-state index contributed by atoms with van der Waals surface area (Å²) in [5, 5.41) is 0. The summed E-state index contributed by atoms with van der Waals surface area (Å²) >= 11 is 5.69. The molecular weight excluding hydrogens is 338 g/mol. The highest BCUT2D eigenvalue weighted by Crippen LogP contribution is 2.30. The number of nitrogens with zero attached hydrogens (tertiary/aromatic N) is 1. The lowest BCUT2D eigenvalue weighted by molar-refractivity contribution is -0.275. The van der Waals surface area contributed by atoms with Gasteiger partial charge in [0.2, 0.25) is 0 Å². The lowest BCUT2D eigenvalue weighted by atomic mass is 10.4. The summed E-state index contributed by atoms with van der Waals surface area (Å²) in [4.78, 5) is 3.14. The van der Waals surface area contributed by atoms with E-state index in [1.165, 1.54) is 0 Å². The van der Waals surface area contributed by atoms with Gasteiger partial charge in [0.05, 0.1) is 4.47 Å². The first-order valence-corrected chi connectivity index (χ1v) is 4.65. The molecule has 0 aliphatic carbocycles. The number of ether oxygens (including phenoxy) is 1. The van der Waals surface area contributed by atoms with Crippen molar-refractivity contribution in [1.82, 2.24) is 4.98 Å². The number of pyridine rings is 1. The first kappa shape index (κ1) is 11.7. The van der Waals surface area contributed by atoms with Crippen molar-refractivity contribution < 1.29 is 22.3 Å². The van der Waals surface area contributed by atoms with Gasteiger partial charge in [0.15, 0.2) is 5.75 Å². The van der Waals surface area contributed by atoms with E-state index in [0.717, 1.165) is 6.07 Å². The fourth-order valence-electron chi connectivity index (χ4n) is 0.625. The molecule has 0 atom stereocenters. The van der Waals surface area contributed by atoms with E-state index in [4.69, 9.17) is 0 Å². The highest BCUT2D eigenvalue weighted by Gasteiger charge is 2.33. The molecule has 0 aliphatic heterocycles. The summed E-state index contributed by atoms with van der Waals surface area (Å²) in [7, 11) is 0. The lowest BCUT2D eigenvalue weighted by Gasteiger charge is -2.09. The van der Waals surface area contributed by atoms with Crippen LogP contribution in [-0.4, -0.2) is 11.3 Å². The number of rotatable bonds is 1. The Morgan fingerprint density at radius 2 is 1.86 bits per heavy atom. The zero-order valence-electron chi connectivity index (χ0n) is 6.20. The van der Waals surface area contributed by atoms with Gasteiger partial charge in [0.25, 0.3) is 5.95 Å². The topological polar surface area (TPSA) is 22.1 Å². The Morgan fingerprint density at radius 1 is 1.29 bits per heavy atom. The summed E-state index contributed by atoms with van der Waals surface area (Å²) < 4.78 is 51.5. The fourth-order valence-corrected chi connectivity index (χ4v) is 1.19. The maximum atomic E-state index is 12.8. The third-order valence-corrected chi connectivity index (χ3v) is 2.82. The van der Waals surface area contributed by atoms with Crippen LogP contribution >= 0.6 is 31.9 Å². The van der Waals surface area contributed by atoms with Gasteiger partial charge in [0.1, 0.15) is 4.60 Å². The molecule has 0 aliphatic rings. The van der Waals surface area contributed by atoms with Crippen molar-refractivity contribution in [3.63, 3.8) is 0 Å². The molecule has 0 N–H and O–H groups in total. The quantitative estimate of drug-likeness (QED) is 0.576. The normalized spacial score (nSPS) is 11.6. The van der Waals surface area contributed by atoms with Crippen LogP contribution in [-0.2, 0) is 0 Å². The summed E-state index contributed by atoms with van der Waals surface area (Å²) in [5.41, 5.74) is 0. The maximum Gasteiger partial charge on any atom is 0.573 e. The monoisotopic (exact) mass is 337 g/mol. The van der Waals surface area contributed by atoms with Crippen LogP contribution in [0.4, 0.5) is 17.6 Å². The smallest absolute Gasteiger partial charge is 0.401 e. The number of hydrogen-bond donors (Lipinski definition) is 0. The molecule has 14 heavy (non-hydrogen) atoms. The molecule has 78 valence electrons. The van der Waals surface area contributed by atoms with E-state index >= 15 is 0 Å². The molecule has 0 aromatic carbocycles. The Labute approximate surface area is 92.5 Å². The van der Waals surface area contributed by atoms with Crippen LogP contribution < -0.4 is 4.74 Å². The number of aromatic nitrogens is 1. The van der Waals surface area contributed by atoms with Crippen molar-refractivity contribution in [2.75, 3.05) is 0 Å². The second-order valence-electron chi connectivity index (χ2n) is 2.10. The molecule has 0 fully saturated rings. The molecule has 0 amide bonds. The first-order chi connectivity index (χ1) is 6.29. The molecule has 0 saturated heterocycles. The average Bonchev–Trinajstić information content (AvgIpc) is 1.97. The zero-order valence-corrected chi connectivity index (χ0v) is 9.37. The van der Waals surface area contributed by atoms with Gasteiger partial charge in [-0.05, 0) is 31.9 Å². The summed E-state index contributed by atoms with van der Waals surface area (Å²) in [6.45, 7) is 0. The van der Waals surface area contributed by atoms with Gasteiger partial charge in [-0.15, -0.1) is 13.2 Å². The number of alkyl halides is 3. The Bertz CT molecular complexity index is 354. The first-order valence-electron chi connectivity index (χ1n) is 3.07. The molecule has 0 spiro atoms. The Morgan fingerprint density at radius 3 is 2.36 bits per heavy atom. The minimum absolute atomic E-state index is 0.0597. The Kier molecular flexibility index (Phi) is 3.36. The molecule has 2 nitrogen and oxygen atoms in total. The standard InChI is InChI=1S/C6HBr2F4NO/c7-2-1-3(14-6(10,11)12)5(9)13-4(2)8/h1H. The van der Waals surface area contributed by atoms with Crippen LogP contribution in [0.3, 0.4) is 0 Å². The third kappa shape index (κ3) is 3.09. The minimum Gasteiger partial charge on any atom is -0.401 e. The predicted molar refractivity (Wildman–Crippen MR) is 46.3 cm³/mol. The van der Waals surface area contributed by atoms with Gasteiger partial charge in [-0.1, -0.05) is 0 Å². The molecular formula is C6HBr2F4NO. The minimum atomic E-state index is -4.93. The summed E-state index contributed by atoms with van der Waals surface area (Å²) in [6, 6.07) is 0.833. The highest BCUT2D eigenvalue weighted by molar-refractivity contribution is 9.13. The zero-order chi connectivity index (χ0) is 10.9. The molecule has 1 aromatic heterocycles. The fraction of sp³-hybridized carbons (Fsp3) is 0.167. The lowest BCUT2D eigenvalue weighted by Crippen LogP contribution is -2.18. The Hall–Kier alpha value is -0.370. The molecule has 0 saturated carbocycles. The van der Waals surface area contributed by atoms with Crippen LogP contribution in [0.2, 0.25) is 0 Å². The van der Waals surface area contributed by atoms with E-state index in [2.05, 4.69) is 41.6 Å². The molecule has 8 heteroatoms. The van der Waals surface area contributed by atoms with Crippen LogP contribution in [0.5, 0.6) is 5.75 Å². The van der Waals surface area contributed by atoms with E-state index in [1.807, 2.05) is 0 Å². The van der Waals surface area contributed by atoms with E-state index in [1.54, 1.807) is 0 Å². The maximum absolute atomic E-state index is 12.8. The van der Waals surface area contributed by atoms with Crippen molar-refractivity contribution in [3.8, 4) is 5.75 Å². The summed E-state index contributed by atoms with van der Waals surface area (Å²) in [6.07, 6.45) is -4.93. The second kappa shape index (κ2) is 4.01. The number of hydrogen-bond acceptors (Lipinski definition) is 2. The third-order valence-electron chi connectivity index (χ3n) is 1.08. The SMILES string of the molecule is Fc1nc(Br)c(Br)cc1OC(F)(F)F. The van der Waals surface area contributed by atoms with E-state index in [-0.39, 0.29) is 9.08 Å². The van der Waals surface area contributed by atoms with Gasteiger partial charge in [-0.2, -0.15) is 4.39 Å². The predicted octanol–water partition coefficient (Wildman–Crippen LogP) is 3.64. The van der Waals surface area contributed by atoms with E-state index in [0.29, 0.717) is 0 Å². The van der Waals surface area contributed by atoms with Crippen LogP contribution in [0, 0.1) is 5.95 Å². The summed E-state index contributed by atoms with van der Waals surface area (Å²) in [5.74, 6) is -2.31. The van der Waals surface area contributed by atoms with Crippen molar-refractivity contribution in [2.24, 2.45) is 0 Å². The molecule has 1 rings (SSSR count). The van der Waals surface area contributed by atoms with Crippen molar-refractivity contribution >= 4 is 31.9 Å². The second-order valence-corrected chi connectivity index (χ2v) is 3.70. The van der Waals surface area contributed by atoms with E-state index < -0.39 is 18.1 Å². The number of halogens is 6. The molecule has 0 unspecified atom stereocenters. The molecule has 1 aromatic rings. The Balaban J connectivity index is 3.04. The van der Waals surface area contributed by atoms with Gasteiger partial charge in [-0.3, -0.25) is 0 Å². The molecule has 0 radical (unpaired) electrons. The van der Waals surface area contributed by atoms with Crippen molar-refractivity contribution in [1.29, 1.82) is 0 Å². The van der Waals surface area contributed by atoms with Crippen molar-refractivity contribution in [3.05, 3.63) is 21.1 Å². The van der Waals surface area contributed by atoms with Crippen molar-refractivity contribution in [2.45, 2.75) is 6.36 Å². The van der Waals surface area contributed by atoms with E-state index in [9.17, 15) is 17.6 Å². The largest absolute Gasteiger partial charge is 0.573 e. The molecule has 0 bridgehead atoms. The average molecular weight is 339 g/mol. The van der Waals surface area contributed by atoms with Gasteiger partial charge < -0.3 is 4.74 Å². The molecule has 1 heterocycles. The van der Waals surface area contributed by atoms with Crippen LogP contribution in [0.25, 0.3) is 0 Å². The van der Waals surface area contributed by atoms with Crippen LogP contribution in [0.15, 0.2) is 15.1 Å². The van der Waals surface area contributed by atoms with Gasteiger partial charge >= 0.3 is 6.36 Å². The van der Waals surface area contributed by atoms with Gasteiger partial charge in [0, 0.05) is 6.07 Å². The highest BCUT2D eigenvalue weighted by atomic mass is 79.9. The van der Waals surface area contributed by atoms with Gasteiger partial charge in [-0.25, -0.2) is 4.98 Å².